The highest BCUT2D eigenvalue weighted by atomic mass is 32.2. The van der Waals surface area contributed by atoms with Gasteiger partial charge in [0.05, 0.1) is 11.1 Å². The summed E-state index contributed by atoms with van der Waals surface area (Å²) in [5.74, 6) is -1.07. The Labute approximate surface area is 114 Å². The normalized spacial score (nSPS) is 11.6. The maximum absolute atomic E-state index is 12.0. The summed E-state index contributed by atoms with van der Waals surface area (Å²) in [6.07, 6.45) is 4.74. The lowest BCUT2D eigenvalue weighted by molar-refractivity contribution is -0.131. The summed E-state index contributed by atoms with van der Waals surface area (Å²) in [7, 11) is -3.72. The van der Waals surface area contributed by atoms with Crippen molar-refractivity contribution in [3.8, 4) is 0 Å². The smallest absolute Gasteiger partial charge is 0.328 e. The molecule has 20 heavy (non-hydrogen) atoms. The number of nitrogens with zero attached hydrogens (tertiary/aromatic N) is 1. The second-order valence-electron chi connectivity index (χ2n) is 3.76. The number of hydrogen-bond acceptors (Lipinski definition) is 5. The minimum atomic E-state index is -3.72. The lowest BCUT2D eigenvalue weighted by Gasteiger charge is -2.05. The van der Waals surface area contributed by atoms with Crippen molar-refractivity contribution < 1.29 is 22.8 Å². The predicted molar refractivity (Wildman–Crippen MR) is 70.4 cm³/mol. The van der Waals surface area contributed by atoms with Crippen LogP contribution in [0.25, 0.3) is 6.08 Å². The summed E-state index contributed by atoms with van der Waals surface area (Å²) in [6, 6.07) is 5.75. The number of hydrogen-bond donors (Lipinski definition) is 2. The van der Waals surface area contributed by atoms with Crippen LogP contribution in [0.15, 0.2) is 52.2 Å². The van der Waals surface area contributed by atoms with Crippen LogP contribution >= 0.6 is 0 Å². The number of carbonyl (C=O) groups is 1. The van der Waals surface area contributed by atoms with Gasteiger partial charge in [-0.05, 0) is 23.8 Å². The number of rotatable bonds is 5. The molecule has 0 fully saturated rings. The minimum Gasteiger partial charge on any atom is -0.478 e. The number of aromatic nitrogens is 1. The zero-order valence-corrected chi connectivity index (χ0v) is 10.9. The van der Waals surface area contributed by atoms with Crippen molar-refractivity contribution >= 4 is 27.8 Å². The molecule has 0 aliphatic carbocycles. The third-order valence-electron chi connectivity index (χ3n) is 2.29. The Morgan fingerprint density at radius 2 is 2.00 bits per heavy atom. The van der Waals surface area contributed by atoms with E-state index in [0.29, 0.717) is 5.56 Å². The van der Waals surface area contributed by atoms with Crippen LogP contribution in [0.5, 0.6) is 0 Å². The molecule has 2 aromatic rings. The van der Waals surface area contributed by atoms with Gasteiger partial charge in [0.15, 0.2) is 0 Å². The van der Waals surface area contributed by atoms with Gasteiger partial charge in [-0.2, -0.15) is 0 Å². The van der Waals surface area contributed by atoms with Crippen LogP contribution in [0.2, 0.25) is 0 Å². The fourth-order valence-corrected chi connectivity index (χ4v) is 2.42. The molecular weight excluding hydrogens is 284 g/mol. The molecule has 0 unspecified atom stereocenters. The lowest BCUT2D eigenvalue weighted by Crippen LogP contribution is -2.12. The number of benzene rings is 1. The van der Waals surface area contributed by atoms with E-state index in [1.54, 1.807) is 0 Å². The molecule has 0 aliphatic heterocycles. The maximum Gasteiger partial charge on any atom is 0.328 e. The average Bonchev–Trinajstić information content (AvgIpc) is 2.89. The first kappa shape index (κ1) is 13.8. The van der Waals surface area contributed by atoms with E-state index in [-0.39, 0.29) is 10.6 Å². The van der Waals surface area contributed by atoms with E-state index < -0.39 is 16.0 Å². The summed E-state index contributed by atoms with van der Waals surface area (Å²) in [6.45, 7) is 0. The van der Waals surface area contributed by atoms with E-state index >= 15 is 0 Å². The molecule has 8 heteroatoms. The first-order valence-corrected chi connectivity index (χ1v) is 6.89. The van der Waals surface area contributed by atoms with Gasteiger partial charge in [0.2, 0.25) is 0 Å². The average molecular weight is 294 g/mol. The molecule has 104 valence electrons. The number of aliphatic carboxylic acids is 1. The summed E-state index contributed by atoms with van der Waals surface area (Å²) < 4.78 is 30.8. The Kier molecular flexibility index (Phi) is 3.85. The van der Waals surface area contributed by atoms with Gasteiger partial charge in [-0.25, -0.2) is 13.2 Å². The van der Waals surface area contributed by atoms with Gasteiger partial charge in [0.1, 0.15) is 12.0 Å². The second kappa shape index (κ2) is 5.57. The van der Waals surface area contributed by atoms with Crippen LogP contribution in [0.3, 0.4) is 0 Å². The van der Waals surface area contributed by atoms with Crippen molar-refractivity contribution in [3.05, 3.63) is 48.4 Å². The third-order valence-corrected chi connectivity index (χ3v) is 3.69. The summed E-state index contributed by atoms with van der Waals surface area (Å²) in [5.41, 5.74) is 0.802. The monoisotopic (exact) mass is 294 g/mol. The zero-order valence-electron chi connectivity index (χ0n) is 10.1. The van der Waals surface area contributed by atoms with Gasteiger partial charge in [-0.3, -0.25) is 4.72 Å². The Balaban J connectivity index is 2.19. The molecule has 0 radical (unpaired) electrons. The predicted octanol–water partition coefficient (Wildman–Crippen LogP) is 1.57. The molecule has 0 bridgehead atoms. The number of carboxylic acid groups (broad SMARTS) is 1. The first-order chi connectivity index (χ1) is 9.47. The van der Waals surface area contributed by atoms with E-state index in [9.17, 15) is 13.2 Å². The van der Waals surface area contributed by atoms with Gasteiger partial charge >= 0.3 is 5.97 Å². The Hall–Kier alpha value is -2.61. The van der Waals surface area contributed by atoms with Crippen LogP contribution in [0.4, 0.5) is 5.69 Å². The minimum absolute atomic E-state index is 0.0474. The topological polar surface area (TPSA) is 110 Å². The number of nitrogens with one attached hydrogen (secondary N) is 1. The molecule has 0 amide bonds. The van der Waals surface area contributed by atoms with Crippen LogP contribution in [-0.2, 0) is 14.8 Å². The van der Waals surface area contributed by atoms with Gasteiger partial charge in [0, 0.05) is 6.08 Å². The van der Waals surface area contributed by atoms with E-state index in [2.05, 4.69) is 14.4 Å². The zero-order chi connectivity index (χ0) is 14.6. The lowest BCUT2D eigenvalue weighted by atomic mass is 10.2. The second-order valence-corrected chi connectivity index (χ2v) is 5.44. The fraction of sp³-hybridized carbons (Fsp3) is 0. The summed E-state index contributed by atoms with van der Waals surface area (Å²) >= 11 is 0. The van der Waals surface area contributed by atoms with Crippen molar-refractivity contribution in [1.29, 1.82) is 0 Å². The molecule has 0 atom stereocenters. The SMILES string of the molecule is O=C(O)C=Cc1ccc(S(=O)(=O)Nc2cnoc2)cc1. The van der Waals surface area contributed by atoms with Gasteiger partial charge in [0.25, 0.3) is 10.0 Å². The quantitative estimate of drug-likeness (QED) is 0.810. The van der Waals surface area contributed by atoms with Crippen LogP contribution in [0, 0.1) is 0 Å². The van der Waals surface area contributed by atoms with E-state index in [4.69, 9.17) is 5.11 Å². The molecule has 2 N–H and O–H groups in total. The Morgan fingerprint density at radius 3 is 2.55 bits per heavy atom. The Bertz CT molecular complexity index is 718. The molecule has 0 aliphatic rings. The molecule has 1 aromatic carbocycles. The van der Waals surface area contributed by atoms with Gasteiger partial charge in [-0.15, -0.1) is 0 Å². The van der Waals surface area contributed by atoms with E-state index in [1.165, 1.54) is 42.8 Å². The molecule has 0 saturated carbocycles. The molecule has 1 aromatic heterocycles. The van der Waals surface area contributed by atoms with E-state index in [0.717, 1.165) is 6.08 Å². The van der Waals surface area contributed by atoms with Crippen molar-refractivity contribution in [2.24, 2.45) is 0 Å². The van der Waals surface area contributed by atoms with E-state index in [1.807, 2.05) is 0 Å². The maximum atomic E-state index is 12.0. The molecule has 2 rings (SSSR count). The molecular formula is C12H10N2O5S. The standard InChI is InChI=1S/C12H10N2O5S/c15-12(16)6-3-9-1-4-11(5-2-9)20(17,18)14-10-7-13-19-8-10/h1-8,14H,(H,15,16). The van der Waals surface area contributed by atoms with Crippen molar-refractivity contribution in [2.75, 3.05) is 4.72 Å². The summed E-state index contributed by atoms with van der Waals surface area (Å²) in [5, 5.41) is 11.9. The number of carboxylic acids is 1. The van der Waals surface area contributed by atoms with Gasteiger partial charge < -0.3 is 9.63 Å². The Morgan fingerprint density at radius 1 is 1.30 bits per heavy atom. The molecule has 1 heterocycles. The highest BCUT2D eigenvalue weighted by Gasteiger charge is 2.14. The van der Waals surface area contributed by atoms with Crippen molar-refractivity contribution in [3.63, 3.8) is 0 Å². The molecule has 7 nitrogen and oxygen atoms in total. The fourth-order valence-electron chi connectivity index (χ4n) is 1.39. The van der Waals surface area contributed by atoms with Crippen LogP contribution in [0.1, 0.15) is 5.56 Å². The van der Waals surface area contributed by atoms with Crippen LogP contribution in [-0.4, -0.2) is 24.7 Å². The number of sulfonamides is 1. The van der Waals surface area contributed by atoms with Crippen molar-refractivity contribution in [1.82, 2.24) is 5.16 Å². The third kappa shape index (κ3) is 3.45. The summed E-state index contributed by atoms with van der Waals surface area (Å²) in [4.78, 5) is 10.4. The molecule has 0 spiro atoms. The van der Waals surface area contributed by atoms with Crippen molar-refractivity contribution in [2.45, 2.75) is 4.90 Å². The highest BCUT2D eigenvalue weighted by Crippen LogP contribution is 2.16. The van der Waals surface area contributed by atoms with Gasteiger partial charge in [-0.1, -0.05) is 17.3 Å². The molecule has 0 saturated heterocycles. The first-order valence-electron chi connectivity index (χ1n) is 5.41. The van der Waals surface area contributed by atoms with Crippen LogP contribution < -0.4 is 4.72 Å². The highest BCUT2D eigenvalue weighted by molar-refractivity contribution is 7.92. The number of anilines is 1. The largest absolute Gasteiger partial charge is 0.478 e.